The molecule has 2 fully saturated rings. The van der Waals surface area contributed by atoms with E-state index in [2.05, 4.69) is 20.6 Å². The molecule has 2 aliphatic carbocycles. The van der Waals surface area contributed by atoms with Crippen molar-refractivity contribution in [1.29, 1.82) is 0 Å². The van der Waals surface area contributed by atoms with Gasteiger partial charge in [-0.15, -0.1) is 0 Å². The Bertz CT molecular complexity index is 1360. The maximum Gasteiger partial charge on any atom is 0.252 e. The summed E-state index contributed by atoms with van der Waals surface area (Å²) in [5, 5.41) is 10.9. The van der Waals surface area contributed by atoms with Gasteiger partial charge in [0.15, 0.2) is 5.65 Å². The first-order valence-corrected chi connectivity index (χ1v) is 13.6. The molecule has 1 aromatic carbocycles. The van der Waals surface area contributed by atoms with Crippen molar-refractivity contribution >= 4 is 17.4 Å². The minimum Gasteiger partial charge on any atom is -0.474 e. The molecule has 3 heterocycles. The fourth-order valence-electron chi connectivity index (χ4n) is 5.42. The van der Waals surface area contributed by atoms with E-state index in [4.69, 9.17) is 9.72 Å². The van der Waals surface area contributed by atoms with Crippen LogP contribution in [0.25, 0.3) is 16.8 Å². The SMILES string of the molecule is Cc1cc(-c2cnn3c(NCC4(F)CCN(C)CC4)cc(OC4CCCC4)nc23)ccc1C(=O)NC1C=C1. The first-order chi connectivity index (χ1) is 18.4. The Labute approximate surface area is 222 Å². The van der Waals surface area contributed by atoms with Crippen LogP contribution in [0, 0.1) is 6.92 Å². The van der Waals surface area contributed by atoms with Gasteiger partial charge in [-0.25, -0.2) is 4.39 Å². The van der Waals surface area contributed by atoms with Gasteiger partial charge in [-0.05, 0) is 69.7 Å². The molecule has 1 saturated carbocycles. The number of rotatable bonds is 8. The van der Waals surface area contributed by atoms with Crippen LogP contribution in [0.2, 0.25) is 0 Å². The van der Waals surface area contributed by atoms with Gasteiger partial charge in [-0.3, -0.25) is 4.79 Å². The predicted molar refractivity (Wildman–Crippen MR) is 145 cm³/mol. The summed E-state index contributed by atoms with van der Waals surface area (Å²) >= 11 is 0. The average molecular weight is 519 g/mol. The molecule has 9 heteroatoms. The van der Waals surface area contributed by atoms with Gasteiger partial charge < -0.3 is 20.3 Å². The molecule has 1 saturated heterocycles. The lowest BCUT2D eigenvalue weighted by Crippen LogP contribution is -2.44. The number of halogens is 1. The fraction of sp³-hybridized carbons (Fsp3) is 0.483. The van der Waals surface area contributed by atoms with Gasteiger partial charge >= 0.3 is 0 Å². The highest BCUT2D eigenvalue weighted by atomic mass is 19.1. The number of aryl methyl sites for hydroxylation is 1. The van der Waals surface area contributed by atoms with E-state index < -0.39 is 5.67 Å². The van der Waals surface area contributed by atoms with Crippen molar-refractivity contribution in [2.24, 2.45) is 0 Å². The Hall–Kier alpha value is -3.46. The minimum atomic E-state index is -1.27. The van der Waals surface area contributed by atoms with Crippen LogP contribution < -0.4 is 15.4 Å². The molecule has 38 heavy (non-hydrogen) atoms. The zero-order valence-corrected chi connectivity index (χ0v) is 22.0. The number of anilines is 1. The first-order valence-electron chi connectivity index (χ1n) is 13.6. The summed E-state index contributed by atoms with van der Waals surface area (Å²) in [6.45, 7) is 3.63. The third-order valence-electron chi connectivity index (χ3n) is 7.97. The summed E-state index contributed by atoms with van der Waals surface area (Å²) in [7, 11) is 2.03. The zero-order chi connectivity index (χ0) is 26.3. The van der Waals surface area contributed by atoms with E-state index >= 15 is 4.39 Å². The van der Waals surface area contributed by atoms with Crippen molar-refractivity contribution in [3.05, 3.63) is 53.7 Å². The van der Waals surface area contributed by atoms with Crippen molar-refractivity contribution in [2.75, 3.05) is 32.0 Å². The number of hydrogen-bond donors (Lipinski definition) is 2. The lowest BCUT2D eigenvalue weighted by molar-refractivity contribution is 0.0811. The molecule has 1 aliphatic heterocycles. The first kappa shape index (κ1) is 24.9. The van der Waals surface area contributed by atoms with E-state index in [1.807, 2.05) is 50.4 Å². The quantitative estimate of drug-likeness (QED) is 0.426. The number of hydrogen-bond acceptors (Lipinski definition) is 6. The molecule has 0 atom stereocenters. The molecule has 8 nitrogen and oxygen atoms in total. The van der Waals surface area contributed by atoms with Gasteiger partial charge in [-0.2, -0.15) is 14.6 Å². The number of piperidine rings is 1. The molecule has 0 bridgehead atoms. The lowest BCUT2D eigenvalue weighted by Gasteiger charge is -2.34. The van der Waals surface area contributed by atoms with E-state index in [0.29, 0.717) is 35.8 Å². The second-order valence-corrected chi connectivity index (χ2v) is 11.0. The zero-order valence-electron chi connectivity index (χ0n) is 22.0. The summed E-state index contributed by atoms with van der Waals surface area (Å²) in [6.07, 6.45) is 11.1. The Morgan fingerprint density at radius 1 is 1.18 bits per heavy atom. The second kappa shape index (κ2) is 10.0. The third-order valence-corrected chi connectivity index (χ3v) is 7.97. The van der Waals surface area contributed by atoms with Crippen LogP contribution >= 0.6 is 0 Å². The van der Waals surface area contributed by atoms with Crippen LogP contribution in [0.5, 0.6) is 5.88 Å². The van der Waals surface area contributed by atoms with E-state index in [-0.39, 0.29) is 24.6 Å². The summed E-state index contributed by atoms with van der Waals surface area (Å²) in [5.41, 5.74) is 2.63. The number of carbonyl (C=O) groups is 1. The van der Waals surface area contributed by atoms with Crippen molar-refractivity contribution in [3.63, 3.8) is 0 Å². The molecule has 3 aromatic rings. The second-order valence-electron chi connectivity index (χ2n) is 11.0. The van der Waals surface area contributed by atoms with Crippen molar-refractivity contribution < 1.29 is 13.9 Å². The molecule has 2 aromatic heterocycles. The highest BCUT2D eigenvalue weighted by Crippen LogP contribution is 2.32. The molecule has 0 radical (unpaired) electrons. The molecule has 1 amide bonds. The highest BCUT2D eigenvalue weighted by molar-refractivity contribution is 5.97. The smallest absolute Gasteiger partial charge is 0.252 e. The van der Waals surface area contributed by atoms with E-state index in [1.165, 1.54) is 0 Å². The number of nitrogens with zero attached hydrogens (tertiary/aromatic N) is 4. The van der Waals surface area contributed by atoms with Crippen LogP contribution in [0.4, 0.5) is 10.2 Å². The van der Waals surface area contributed by atoms with Crippen LogP contribution in [-0.4, -0.2) is 69.9 Å². The number of alkyl halides is 1. The maximum absolute atomic E-state index is 15.6. The Kier molecular flexibility index (Phi) is 6.55. The summed E-state index contributed by atoms with van der Waals surface area (Å²) in [6, 6.07) is 7.66. The normalized spacial score (nSPS) is 19.7. The standard InChI is InChI=1S/C29H35FN6O2/c1-19-15-20(7-10-23(19)28(37)33-21-8-9-21)24-17-32-36-25(31-18-29(30)11-13-35(2)14-12-29)16-26(34-27(24)36)38-22-5-3-4-6-22/h7-10,15-17,21-22,31H,3-6,11-14,18H2,1-2H3,(H,33,37). The molecule has 2 N–H and O–H groups in total. The number of likely N-dealkylation sites (tertiary alicyclic amines) is 1. The molecule has 0 spiro atoms. The molecular formula is C29H35FN6O2. The van der Waals surface area contributed by atoms with Crippen LogP contribution in [0.3, 0.4) is 0 Å². The highest BCUT2D eigenvalue weighted by Gasteiger charge is 2.33. The molecule has 3 aliphatic rings. The molecule has 0 unspecified atom stereocenters. The number of amides is 1. The topological polar surface area (TPSA) is 83.8 Å². The number of fused-ring (bicyclic) bond motifs is 1. The Balaban J connectivity index is 1.31. The van der Waals surface area contributed by atoms with Crippen molar-refractivity contribution in [1.82, 2.24) is 24.8 Å². The van der Waals surface area contributed by atoms with Gasteiger partial charge in [0.05, 0.1) is 18.8 Å². The predicted octanol–water partition coefficient (Wildman–Crippen LogP) is 4.54. The minimum absolute atomic E-state index is 0.0626. The molecule has 200 valence electrons. The van der Waals surface area contributed by atoms with E-state index in [1.54, 1.807) is 10.7 Å². The monoisotopic (exact) mass is 518 g/mol. The number of carbonyl (C=O) groups excluding carboxylic acids is 1. The van der Waals surface area contributed by atoms with E-state index in [9.17, 15) is 4.79 Å². The lowest BCUT2D eigenvalue weighted by atomic mass is 9.93. The van der Waals surface area contributed by atoms with Crippen molar-refractivity contribution in [3.8, 4) is 17.0 Å². The summed E-state index contributed by atoms with van der Waals surface area (Å²) in [4.78, 5) is 19.6. The average Bonchev–Trinajstić information content (AvgIpc) is 3.37. The van der Waals surface area contributed by atoms with Gasteiger partial charge in [0, 0.05) is 30.3 Å². The Morgan fingerprint density at radius 2 is 1.95 bits per heavy atom. The van der Waals surface area contributed by atoms with Gasteiger partial charge in [0.25, 0.3) is 5.91 Å². The van der Waals surface area contributed by atoms with E-state index in [0.717, 1.165) is 55.5 Å². The number of aromatic nitrogens is 3. The van der Waals surface area contributed by atoms with Crippen LogP contribution in [0.15, 0.2) is 42.6 Å². The number of benzene rings is 1. The largest absolute Gasteiger partial charge is 0.474 e. The fourth-order valence-corrected chi connectivity index (χ4v) is 5.42. The molecule has 6 rings (SSSR count). The number of ether oxygens (including phenoxy) is 1. The van der Waals surface area contributed by atoms with Crippen LogP contribution in [-0.2, 0) is 0 Å². The van der Waals surface area contributed by atoms with Gasteiger partial charge in [-0.1, -0.05) is 24.3 Å². The summed E-state index contributed by atoms with van der Waals surface area (Å²) < 4.78 is 23.6. The van der Waals surface area contributed by atoms with Crippen molar-refractivity contribution in [2.45, 2.75) is 63.3 Å². The Morgan fingerprint density at radius 3 is 2.66 bits per heavy atom. The van der Waals surface area contributed by atoms with Gasteiger partial charge in [0.2, 0.25) is 5.88 Å². The number of nitrogens with one attached hydrogen (secondary N) is 2. The summed E-state index contributed by atoms with van der Waals surface area (Å²) in [5.74, 6) is 1.10. The maximum atomic E-state index is 15.6. The van der Waals surface area contributed by atoms with Crippen LogP contribution in [0.1, 0.15) is 54.4 Å². The third kappa shape index (κ3) is 5.25. The molecular weight excluding hydrogens is 483 g/mol. The van der Waals surface area contributed by atoms with Gasteiger partial charge in [0.1, 0.15) is 17.6 Å².